The molecule has 1 aromatic heterocycles. The van der Waals surface area contributed by atoms with Crippen molar-refractivity contribution in [2.75, 3.05) is 30.4 Å². The minimum Gasteiger partial charge on any atom is -0.363 e. The Hall–Kier alpha value is -1.65. The molecule has 1 heterocycles. The predicted molar refractivity (Wildman–Crippen MR) is 78.7 cm³/mol. The van der Waals surface area contributed by atoms with Crippen molar-refractivity contribution in [1.29, 1.82) is 0 Å². The molecule has 1 rings (SSSR count). The van der Waals surface area contributed by atoms with Crippen molar-refractivity contribution >= 4 is 17.4 Å². The number of hydrogen-bond acceptors (Lipinski definition) is 5. The van der Waals surface area contributed by atoms with Gasteiger partial charge < -0.3 is 10.2 Å². The average Bonchev–Trinajstić information content (AvgIpc) is 2.36. The summed E-state index contributed by atoms with van der Waals surface area (Å²) in [6, 6.07) is 1.89. The lowest BCUT2D eigenvalue weighted by Gasteiger charge is -2.19. The van der Waals surface area contributed by atoms with E-state index < -0.39 is 0 Å². The molecule has 0 fully saturated rings. The lowest BCUT2D eigenvalue weighted by Crippen LogP contribution is -2.21. The van der Waals surface area contributed by atoms with Gasteiger partial charge in [0.2, 0.25) is 0 Å². The number of rotatable bonds is 8. The molecule has 0 aliphatic heterocycles. The largest absolute Gasteiger partial charge is 0.363 e. The first kappa shape index (κ1) is 15.4. The van der Waals surface area contributed by atoms with Gasteiger partial charge in [0.25, 0.3) is 0 Å². The van der Waals surface area contributed by atoms with Gasteiger partial charge in [-0.3, -0.25) is 4.79 Å². The standard InChI is InChI=1S/C14H24N4O/c1-5-6-7-8-18(4)14-9-13(15-10-11(2)19)16-12(3)17-14/h9H,5-8,10H2,1-4H3,(H,15,16,17). The highest BCUT2D eigenvalue weighted by atomic mass is 16.1. The summed E-state index contributed by atoms with van der Waals surface area (Å²) in [6.45, 7) is 6.89. The molecule has 0 atom stereocenters. The van der Waals surface area contributed by atoms with Crippen LogP contribution in [0.5, 0.6) is 0 Å². The Balaban J connectivity index is 2.69. The fraction of sp³-hybridized carbons (Fsp3) is 0.643. The molecule has 0 saturated heterocycles. The van der Waals surface area contributed by atoms with Crippen LogP contribution < -0.4 is 10.2 Å². The van der Waals surface area contributed by atoms with E-state index in [1.807, 2.05) is 20.0 Å². The maximum Gasteiger partial charge on any atom is 0.148 e. The average molecular weight is 264 g/mol. The lowest BCUT2D eigenvalue weighted by atomic mass is 10.2. The number of Topliss-reactive ketones (excluding diaryl/α,β-unsaturated/α-hetero) is 1. The van der Waals surface area contributed by atoms with Gasteiger partial charge in [-0.2, -0.15) is 0 Å². The van der Waals surface area contributed by atoms with E-state index in [1.54, 1.807) is 6.92 Å². The van der Waals surface area contributed by atoms with Crippen molar-refractivity contribution in [3.8, 4) is 0 Å². The summed E-state index contributed by atoms with van der Waals surface area (Å²) in [5.41, 5.74) is 0. The summed E-state index contributed by atoms with van der Waals surface area (Å²) in [5, 5.41) is 3.02. The van der Waals surface area contributed by atoms with Gasteiger partial charge in [0.1, 0.15) is 23.2 Å². The fourth-order valence-electron chi connectivity index (χ4n) is 1.77. The summed E-state index contributed by atoms with van der Waals surface area (Å²) < 4.78 is 0. The highest BCUT2D eigenvalue weighted by Crippen LogP contribution is 2.15. The summed E-state index contributed by atoms with van der Waals surface area (Å²) in [5.74, 6) is 2.41. The molecule has 0 saturated carbocycles. The van der Waals surface area contributed by atoms with E-state index >= 15 is 0 Å². The van der Waals surface area contributed by atoms with E-state index in [0.29, 0.717) is 18.2 Å². The zero-order valence-electron chi connectivity index (χ0n) is 12.4. The topological polar surface area (TPSA) is 58.1 Å². The van der Waals surface area contributed by atoms with Gasteiger partial charge in [-0.25, -0.2) is 9.97 Å². The van der Waals surface area contributed by atoms with Crippen LogP contribution in [-0.4, -0.2) is 35.9 Å². The van der Waals surface area contributed by atoms with Crippen LogP contribution in [0.4, 0.5) is 11.6 Å². The van der Waals surface area contributed by atoms with E-state index in [9.17, 15) is 4.79 Å². The second-order valence-electron chi connectivity index (χ2n) is 4.84. The maximum atomic E-state index is 11.0. The molecule has 0 radical (unpaired) electrons. The Bertz CT molecular complexity index is 420. The summed E-state index contributed by atoms with van der Waals surface area (Å²) in [6.07, 6.45) is 3.60. The van der Waals surface area contributed by atoms with E-state index in [1.165, 1.54) is 12.8 Å². The van der Waals surface area contributed by atoms with Crippen molar-refractivity contribution in [2.45, 2.75) is 40.0 Å². The Labute approximate surface area is 115 Å². The molecule has 1 N–H and O–H groups in total. The van der Waals surface area contributed by atoms with Gasteiger partial charge in [0.15, 0.2) is 0 Å². The van der Waals surface area contributed by atoms with Crippen LogP contribution in [0.2, 0.25) is 0 Å². The van der Waals surface area contributed by atoms with E-state index in [4.69, 9.17) is 0 Å². The van der Waals surface area contributed by atoms with Gasteiger partial charge in [0.05, 0.1) is 6.54 Å². The Morgan fingerprint density at radius 2 is 2.11 bits per heavy atom. The molecule has 5 heteroatoms. The van der Waals surface area contributed by atoms with Gasteiger partial charge in [-0.1, -0.05) is 19.8 Å². The van der Waals surface area contributed by atoms with Crippen LogP contribution in [0.25, 0.3) is 0 Å². The molecular formula is C14H24N4O. The number of hydrogen-bond donors (Lipinski definition) is 1. The number of carbonyl (C=O) groups excluding carboxylic acids is 1. The van der Waals surface area contributed by atoms with Gasteiger partial charge in [-0.05, 0) is 20.3 Å². The zero-order valence-corrected chi connectivity index (χ0v) is 12.4. The Morgan fingerprint density at radius 3 is 2.74 bits per heavy atom. The molecular weight excluding hydrogens is 240 g/mol. The number of aromatic nitrogens is 2. The fourth-order valence-corrected chi connectivity index (χ4v) is 1.77. The molecule has 0 amide bonds. The van der Waals surface area contributed by atoms with Crippen LogP contribution in [0.3, 0.4) is 0 Å². The van der Waals surface area contributed by atoms with E-state index in [-0.39, 0.29) is 5.78 Å². The molecule has 0 spiro atoms. The summed E-state index contributed by atoms with van der Waals surface area (Å²) in [4.78, 5) is 21.8. The molecule has 0 bridgehead atoms. The Morgan fingerprint density at radius 1 is 1.37 bits per heavy atom. The number of carbonyl (C=O) groups is 1. The number of aryl methyl sites for hydroxylation is 1. The highest BCUT2D eigenvalue weighted by molar-refractivity contribution is 5.80. The summed E-state index contributed by atoms with van der Waals surface area (Å²) in [7, 11) is 2.03. The third-order valence-corrected chi connectivity index (χ3v) is 2.83. The van der Waals surface area contributed by atoms with Crippen LogP contribution in [0, 0.1) is 6.92 Å². The van der Waals surface area contributed by atoms with Crippen molar-refractivity contribution in [3.63, 3.8) is 0 Å². The van der Waals surface area contributed by atoms with Crippen LogP contribution in [-0.2, 0) is 4.79 Å². The first-order valence-electron chi connectivity index (χ1n) is 6.83. The monoisotopic (exact) mass is 264 g/mol. The molecule has 0 aliphatic carbocycles. The second kappa shape index (κ2) is 7.71. The van der Waals surface area contributed by atoms with E-state index in [0.717, 1.165) is 18.8 Å². The Kier molecular flexibility index (Phi) is 6.25. The van der Waals surface area contributed by atoms with Gasteiger partial charge in [-0.15, -0.1) is 0 Å². The first-order chi connectivity index (χ1) is 9.02. The first-order valence-corrected chi connectivity index (χ1v) is 6.83. The van der Waals surface area contributed by atoms with Crippen molar-refractivity contribution in [1.82, 2.24) is 9.97 Å². The van der Waals surface area contributed by atoms with Gasteiger partial charge >= 0.3 is 0 Å². The van der Waals surface area contributed by atoms with Crippen LogP contribution in [0.15, 0.2) is 6.07 Å². The number of ketones is 1. The summed E-state index contributed by atoms with van der Waals surface area (Å²) >= 11 is 0. The second-order valence-corrected chi connectivity index (χ2v) is 4.84. The molecule has 19 heavy (non-hydrogen) atoms. The molecule has 0 unspecified atom stereocenters. The zero-order chi connectivity index (χ0) is 14.3. The number of unbranched alkanes of at least 4 members (excludes halogenated alkanes) is 2. The molecule has 5 nitrogen and oxygen atoms in total. The smallest absolute Gasteiger partial charge is 0.148 e. The number of anilines is 2. The van der Waals surface area contributed by atoms with Crippen LogP contribution in [0.1, 0.15) is 38.9 Å². The molecule has 0 aromatic carbocycles. The molecule has 106 valence electrons. The minimum atomic E-state index is 0.0918. The normalized spacial score (nSPS) is 10.3. The van der Waals surface area contributed by atoms with Crippen molar-refractivity contribution < 1.29 is 4.79 Å². The van der Waals surface area contributed by atoms with E-state index in [2.05, 4.69) is 27.1 Å². The lowest BCUT2D eigenvalue weighted by molar-refractivity contribution is -0.115. The quantitative estimate of drug-likeness (QED) is 0.731. The number of nitrogens with one attached hydrogen (secondary N) is 1. The molecule has 1 aromatic rings. The van der Waals surface area contributed by atoms with Crippen molar-refractivity contribution in [3.05, 3.63) is 11.9 Å². The predicted octanol–water partition coefficient (Wildman–Crippen LogP) is 2.41. The minimum absolute atomic E-state index is 0.0918. The highest BCUT2D eigenvalue weighted by Gasteiger charge is 2.06. The third kappa shape index (κ3) is 5.68. The van der Waals surface area contributed by atoms with Crippen molar-refractivity contribution in [2.24, 2.45) is 0 Å². The van der Waals surface area contributed by atoms with Gasteiger partial charge in [0, 0.05) is 19.7 Å². The molecule has 0 aliphatic rings. The number of nitrogens with zero attached hydrogens (tertiary/aromatic N) is 3. The third-order valence-electron chi connectivity index (χ3n) is 2.83. The SMILES string of the molecule is CCCCCN(C)c1cc(NCC(C)=O)nc(C)n1. The maximum absolute atomic E-state index is 11.0. The van der Waals surface area contributed by atoms with Crippen LogP contribution >= 0.6 is 0 Å².